The minimum atomic E-state index is -3.51. The van der Waals surface area contributed by atoms with Crippen molar-refractivity contribution in [3.8, 4) is 6.07 Å². The molecule has 0 radical (unpaired) electrons. The summed E-state index contributed by atoms with van der Waals surface area (Å²) in [5.41, 5.74) is 2.74. The summed E-state index contributed by atoms with van der Waals surface area (Å²) in [7, 11) is -3.51. The number of hydrogen-bond donors (Lipinski definition) is 1. The van der Waals surface area contributed by atoms with Gasteiger partial charge in [0.2, 0.25) is 15.9 Å². The van der Waals surface area contributed by atoms with E-state index in [4.69, 9.17) is 5.26 Å². The van der Waals surface area contributed by atoms with Crippen molar-refractivity contribution in [1.82, 2.24) is 14.2 Å². The number of fused-ring (bicyclic) bond motifs is 1. The number of carbonyl (C=O) groups excluding carboxylic acids is 1. The van der Waals surface area contributed by atoms with Crippen molar-refractivity contribution >= 4 is 32.9 Å². The van der Waals surface area contributed by atoms with Gasteiger partial charge in [0.25, 0.3) is 0 Å². The van der Waals surface area contributed by atoms with Crippen LogP contribution in [0.3, 0.4) is 0 Å². The van der Waals surface area contributed by atoms with Gasteiger partial charge in [0.15, 0.2) is 0 Å². The fraction of sp³-hybridized carbons (Fsp3) is 0.308. The highest BCUT2D eigenvalue weighted by Gasteiger charge is 2.21. The number of carbonyl (C=O) groups is 1. The Balaban J connectivity index is 1.70. The highest BCUT2D eigenvalue weighted by atomic mass is 32.2. The molecule has 0 saturated heterocycles. The van der Waals surface area contributed by atoms with Gasteiger partial charge in [-0.05, 0) is 36.8 Å². The normalized spacial score (nSPS) is 12.8. The van der Waals surface area contributed by atoms with Gasteiger partial charge in [0.05, 0.1) is 23.4 Å². The number of nitrogens with one attached hydrogen (secondary N) is 1. The van der Waals surface area contributed by atoms with Crippen molar-refractivity contribution < 1.29 is 13.2 Å². The Bertz CT molecular complexity index is 1310. The minimum Gasteiger partial charge on any atom is -0.346 e. The second-order valence-corrected chi connectivity index (χ2v) is 9.86. The number of rotatable bonds is 10. The molecule has 0 bridgehead atoms. The number of aryl methyl sites for hydroxylation is 1. The van der Waals surface area contributed by atoms with Gasteiger partial charge in [-0.15, -0.1) is 0 Å². The number of sulfonamides is 1. The second kappa shape index (κ2) is 11.1. The molecule has 1 amide bonds. The molecule has 8 heteroatoms. The molecule has 2 aromatic carbocycles. The zero-order chi connectivity index (χ0) is 24.7. The molecule has 0 aliphatic rings. The SMILES string of the molecule is CCN(CC)S(=O)(=O)c1ccc(C(C)NC(=O)C=Cc2cn(CCC#N)c3ccccc23)cc1. The van der Waals surface area contributed by atoms with Gasteiger partial charge >= 0.3 is 0 Å². The molecular formula is C26H30N4O3S. The van der Waals surface area contributed by atoms with Crippen LogP contribution in [-0.2, 0) is 21.4 Å². The fourth-order valence-electron chi connectivity index (χ4n) is 3.91. The van der Waals surface area contributed by atoms with Crippen LogP contribution < -0.4 is 5.32 Å². The first-order valence-corrected chi connectivity index (χ1v) is 12.8. The fourth-order valence-corrected chi connectivity index (χ4v) is 5.37. The molecule has 0 spiro atoms. The molecule has 0 aliphatic heterocycles. The van der Waals surface area contributed by atoms with Crippen LogP contribution in [0, 0.1) is 11.3 Å². The van der Waals surface area contributed by atoms with Crippen LogP contribution in [0.25, 0.3) is 17.0 Å². The van der Waals surface area contributed by atoms with Gasteiger partial charge in [-0.1, -0.05) is 44.2 Å². The lowest BCUT2D eigenvalue weighted by atomic mass is 10.1. The van der Waals surface area contributed by atoms with E-state index in [2.05, 4.69) is 11.4 Å². The van der Waals surface area contributed by atoms with E-state index in [1.165, 1.54) is 10.4 Å². The van der Waals surface area contributed by atoms with Crippen molar-refractivity contribution in [1.29, 1.82) is 5.26 Å². The third kappa shape index (κ3) is 5.56. The van der Waals surface area contributed by atoms with Gasteiger partial charge in [0, 0.05) is 48.4 Å². The van der Waals surface area contributed by atoms with Gasteiger partial charge in [-0.3, -0.25) is 4.79 Å². The van der Waals surface area contributed by atoms with Crippen molar-refractivity contribution in [3.63, 3.8) is 0 Å². The Morgan fingerprint density at radius 1 is 1.15 bits per heavy atom. The maximum Gasteiger partial charge on any atom is 0.244 e. The smallest absolute Gasteiger partial charge is 0.244 e. The molecule has 0 aliphatic carbocycles. The summed E-state index contributed by atoms with van der Waals surface area (Å²) in [5.74, 6) is -0.249. The summed E-state index contributed by atoms with van der Waals surface area (Å²) in [6.07, 6.45) is 5.62. The number of nitrogens with zero attached hydrogens (tertiary/aromatic N) is 3. The molecule has 34 heavy (non-hydrogen) atoms. The molecule has 7 nitrogen and oxygen atoms in total. The van der Waals surface area contributed by atoms with E-state index < -0.39 is 10.0 Å². The highest BCUT2D eigenvalue weighted by molar-refractivity contribution is 7.89. The Kier molecular flexibility index (Phi) is 8.26. The predicted molar refractivity (Wildman–Crippen MR) is 134 cm³/mol. The van der Waals surface area contributed by atoms with Crippen molar-refractivity contribution in [2.24, 2.45) is 0 Å². The average molecular weight is 479 g/mol. The van der Waals surface area contributed by atoms with Gasteiger partial charge < -0.3 is 9.88 Å². The maximum absolute atomic E-state index is 12.7. The van der Waals surface area contributed by atoms with Crippen LogP contribution in [0.1, 0.15) is 44.4 Å². The number of nitriles is 1. The van der Waals surface area contributed by atoms with E-state index in [9.17, 15) is 13.2 Å². The largest absolute Gasteiger partial charge is 0.346 e. The Morgan fingerprint density at radius 3 is 2.47 bits per heavy atom. The van der Waals surface area contributed by atoms with E-state index in [1.807, 2.05) is 55.8 Å². The Hall–Kier alpha value is -3.41. The monoisotopic (exact) mass is 478 g/mol. The summed E-state index contributed by atoms with van der Waals surface area (Å²) >= 11 is 0. The second-order valence-electron chi connectivity index (χ2n) is 7.93. The molecule has 3 aromatic rings. The van der Waals surface area contributed by atoms with Crippen LogP contribution in [-0.4, -0.2) is 36.3 Å². The predicted octanol–water partition coefficient (Wildman–Crippen LogP) is 4.48. The zero-order valence-corrected chi connectivity index (χ0v) is 20.5. The number of hydrogen-bond acceptors (Lipinski definition) is 4. The quantitative estimate of drug-likeness (QED) is 0.435. The van der Waals surface area contributed by atoms with Gasteiger partial charge in [-0.25, -0.2) is 8.42 Å². The first-order chi connectivity index (χ1) is 16.3. The third-order valence-electron chi connectivity index (χ3n) is 5.78. The van der Waals surface area contributed by atoms with Crippen LogP contribution >= 0.6 is 0 Å². The molecule has 0 fully saturated rings. The van der Waals surface area contributed by atoms with Gasteiger partial charge in [-0.2, -0.15) is 9.57 Å². The molecule has 3 rings (SSSR count). The lowest BCUT2D eigenvalue weighted by Gasteiger charge is -2.19. The van der Waals surface area contributed by atoms with Gasteiger partial charge in [0.1, 0.15) is 0 Å². The van der Waals surface area contributed by atoms with Crippen LogP contribution in [0.2, 0.25) is 0 Å². The van der Waals surface area contributed by atoms with E-state index in [-0.39, 0.29) is 16.8 Å². The number of benzene rings is 2. The third-order valence-corrected chi connectivity index (χ3v) is 7.84. The maximum atomic E-state index is 12.7. The summed E-state index contributed by atoms with van der Waals surface area (Å²) in [6, 6.07) is 16.4. The van der Waals surface area contributed by atoms with Crippen molar-refractivity contribution in [2.45, 2.75) is 44.7 Å². The van der Waals surface area contributed by atoms with Crippen LogP contribution in [0.15, 0.2) is 65.7 Å². The van der Waals surface area contributed by atoms with Crippen LogP contribution in [0.4, 0.5) is 0 Å². The summed E-state index contributed by atoms with van der Waals surface area (Å²) in [6.45, 7) is 6.89. The number of amides is 1. The highest BCUT2D eigenvalue weighted by Crippen LogP contribution is 2.23. The number of para-hydroxylation sites is 1. The van der Waals surface area contributed by atoms with E-state index >= 15 is 0 Å². The molecular weight excluding hydrogens is 448 g/mol. The standard InChI is InChI=1S/C26H30N4O3S/c1-4-30(5-2)34(32,33)23-14-11-21(12-15-23)20(3)28-26(31)16-13-22-19-29(18-8-17-27)25-10-7-6-9-24(22)25/h6-7,9-16,19-20H,4-5,8,18H2,1-3H3,(H,28,31). The molecule has 1 aromatic heterocycles. The molecule has 1 N–H and O–H groups in total. The van der Waals surface area contributed by atoms with E-state index in [0.29, 0.717) is 26.1 Å². The molecule has 1 unspecified atom stereocenters. The Labute approximate surface area is 201 Å². The van der Waals surface area contributed by atoms with E-state index in [0.717, 1.165) is 22.0 Å². The topological polar surface area (TPSA) is 95.2 Å². The number of aromatic nitrogens is 1. The lowest BCUT2D eigenvalue weighted by Crippen LogP contribution is -2.30. The van der Waals surface area contributed by atoms with E-state index in [1.54, 1.807) is 30.3 Å². The zero-order valence-electron chi connectivity index (χ0n) is 19.7. The minimum absolute atomic E-state index is 0.242. The molecule has 1 atom stereocenters. The van der Waals surface area contributed by atoms with Crippen molar-refractivity contribution in [3.05, 3.63) is 71.9 Å². The summed E-state index contributed by atoms with van der Waals surface area (Å²) < 4.78 is 28.7. The first-order valence-electron chi connectivity index (χ1n) is 11.3. The van der Waals surface area contributed by atoms with Crippen molar-refractivity contribution in [2.75, 3.05) is 13.1 Å². The summed E-state index contributed by atoms with van der Waals surface area (Å²) in [5, 5.41) is 12.8. The molecule has 1 heterocycles. The van der Waals surface area contributed by atoms with Crippen LogP contribution in [0.5, 0.6) is 0 Å². The Morgan fingerprint density at radius 2 is 1.82 bits per heavy atom. The summed E-state index contributed by atoms with van der Waals surface area (Å²) in [4.78, 5) is 12.8. The molecule has 0 saturated carbocycles. The molecule has 178 valence electrons. The average Bonchev–Trinajstić information content (AvgIpc) is 3.19. The lowest BCUT2D eigenvalue weighted by molar-refractivity contribution is -0.117. The first kappa shape index (κ1) is 25.2.